The van der Waals surface area contributed by atoms with Crippen LogP contribution in [0.1, 0.15) is 42.6 Å². The van der Waals surface area contributed by atoms with Gasteiger partial charge >= 0.3 is 0 Å². The molecule has 0 radical (unpaired) electrons. The molecule has 148 valence electrons. The van der Waals surface area contributed by atoms with E-state index in [0.29, 0.717) is 37.3 Å². The zero-order chi connectivity index (χ0) is 20.1. The lowest BCUT2D eigenvalue weighted by atomic mass is 9.73. The first kappa shape index (κ1) is 20.6. The molecule has 1 fully saturated rings. The van der Waals surface area contributed by atoms with Crippen LogP contribution in [0.15, 0.2) is 53.0 Å². The summed E-state index contributed by atoms with van der Waals surface area (Å²) in [6.07, 6.45) is 1.27. The van der Waals surface area contributed by atoms with Crippen LogP contribution in [0.4, 0.5) is 5.69 Å². The van der Waals surface area contributed by atoms with Gasteiger partial charge in [0.1, 0.15) is 0 Å². The average molecular weight is 445 g/mol. The number of anilines is 1. The van der Waals surface area contributed by atoms with Gasteiger partial charge in [-0.25, -0.2) is 0 Å². The van der Waals surface area contributed by atoms with Crippen molar-refractivity contribution in [3.63, 3.8) is 0 Å². The van der Waals surface area contributed by atoms with Crippen LogP contribution in [0, 0.1) is 0 Å². The van der Waals surface area contributed by atoms with Gasteiger partial charge in [-0.15, -0.1) is 0 Å². The number of hydrogen-bond acceptors (Lipinski definition) is 3. The maximum atomic E-state index is 13.3. The Hall–Kier alpha value is -2.18. The Kier molecular flexibility index (Phi) is 6.52. The number of amides is 2. The molecule has 0 spiro atoms. The van der Waals surface area contributed by atoms with Gasteiger partial charge in [0.2, 0.25) is 5.91 Å². The summed E-state index contributed by atoms with van der Waals surface area (Å²) in [6.45, 7) is 4.94. The van der Waals surface area contributed by atoms with Gasteiger partial charge in [-0.3, -0.25) is 9.59 Å². The second-order valence-corrected chi connectivity index (χ2v) is 8.28. The van der Waals surface area contributed by atoms with Gasteiger partial charge in [0.25, 0.3) is 5.91 Å². The molecule has 0 bridgehead atoms. The first-order chi connectivity index (χ1) is 13.4. The van der Waals surface area contributed by atoms with Gasteiger partial charge in [0.05, 0.1) is 5.41 Å². The Bertz CT molecular complexity index is 826. The molecule has 0 unspecified atom stereocenters. The summed E-state index contributed by atoms with van der Waals surface area (Å²) < 4.78 is 6.49. The standard InChI is InChI=1S/C22H25BrN2O3/c1-15(2)24-20(26)16-3-9-19(10-4-16)25-21(27)22(11-13-28-14-12-22)17-5-7-18(23)8-6-17/h3-10,15H,11-14H2,1-2H3,(H,24,26)(H,25,27). The van der Waals surface area contributed by atoms with Crippen LogP contribution in [0.2, 0.25) is 0 Å². The quantitative estimate of drug-likeness (QED) is 0.722. The smallest absolute Gasteiger partial charge is 0.251 e. The maximum Gasteiger partial charge on any atom is 0.251 e. The van der Waals surface area contributed by atoms with E-state index in [-0.39, 0.29) is 17.9 Å². The molecule has 3 rings (SSSR count). The highest BCUT2D eigenvalue weighted by atomic mass is 79.9. The molecular formula is C22H25BrN2O3. The highest BCUT2D eigenvalue weighted by Gasteiger charge is 2.41. The van der Waals surface area contributed by atoms with Crippen LogP contribution < -0.4 is 10.6 Å². The summed E-state index contributed by atoms with van der Waals surface area (Å²) in [5, 5.41) is 5.89. The molecule has 1 aliphatic heterocycles. The number of hydrogen-bond donors (Lipinski definition) is 2. The van der Waals surface area contributed by atoms with E-state index in [1.807, 2.05) is 38.1 Å². The molecule has 0 atom stereocenters. The summed E-state index contributed by atoms with van der Waals surface area (Å²) in [5.74, 6) is -0.166. The third kappa shape index (κ3) is 4.62. The second kappa shape index (κ2) is 8.88. The molecule has 0 saturated carbocycles. The summed E-state index contributed by atoms with van der Waals surface area (Å²) >= 11 is 3.45. The predicted molar refractivity (Wildman–Crippen MR) is 114 cm³/mol. The molecule has 1 heterocycles. The topological polar surface area (TPSA) is 67.4 Å². The maximum absolute atomic E-state index is 13.3. The molecular weight excluding hydrogens is 420 g/mol. The molecule has 2 aromatic carbocycles. The Morgan fingerprint density at radius 1 is 1.00 bits per heavy atom. The van der Waals surface area contributed by atoms with Gasteiger partial charge in [-0.2, -0.15) is 0 Å². The second-order valence-electron chi connectivity index (χ2n) is 7.36. The SMILES string of the molecule is CC(C)NC(=O)c1ccc(NC(=O)C2(c3ccc(Br)cc3)CCOCC2)cc1. The number of ether oxygens (including phenoxy) is 1. The predicted octanol–water partition coefficient (Wildman–Crippen LogP) is 4.27. The largest absolute Gasteiger partial charge is 0.381 e. The average Bonchev–Trinajstić information content (AvgIpc) is 2.69. The van der Waals surface area contributed by atoms with Gasteiger partial charge < -0.3 is 15.4 Å². The van der Waals surface area contributed by atoms with E-state index in [9.17, 15) is 9.59 Å². The molecule has 28 heavy (non-hydrogen) atoms. The monoisotopic (exact) mass is 444 g/mol. The fourth-order valence-electron chi connectivity index (χ4n) is 3.44. The van der Waals surface area contributed by atoms with E-state index in [0.717, 1.165) is 10.0 Å². The van der Waals surface area contributed by atoms with Gasteiger partial charge in [0, 0.05) is 35.0 Å². The third-order valence-corrected chi connectivity index (χ3v) is 5.53. The van der Waals surface area contributed by atoms with Crippen LogP contribution in [0.25, 0.3) is 0 Å². The van der Waals surface area contributed by atoms with Crippen LogP contribution in [0.5, 0.6) is 0 Å². The van der Waals surface area contributed by atoms with Crippen molar-refractivity contribution in [2.24, 2.45) is 0 Å². The van der Waals surface area contributed by atoms with Gasteiger partial charge in [-0.05, 0) is 68.7 Å². The summed E-state index contributed by atoms with van der Waals surface area (Å²) in [7, 11) is 0. The van der Waals surface area contributed by atoms with E-state index < -0.39 is 5.41 Å². The van der Waals surface area contributed by atoms with Crippen LogP contribution in [0.3, 0.4) is 0 Å². The summed E-state index contributed by atoms with van der Waals surface area (Å²) in [6, 6.07) is 15.0. The molecule has 2 amide bonds. The lowest BCUT2D eigenvalue weighted by molar-refractivity contribution is -0.125. The van der Waals surface area contributed by atoms with Crippen molar-refractivity contribution in [1.82, 2.24) is 5.32 Å². The highest BCUT2D eigenvalue weighted by molar-refractivity contribution is 9.10. The molecule has 1 aliphatic rings. The number of nitrogens with one attached hydrogen (secondary N) is 2. The fourth-order valence-corrected chi connectivity index (χ4v) is 3.70. The number of carbonyl (C=O) groups excluding carboxylic acids is 2. The van der Waals surface area contributed by atoms with E-state index in [1.54, 1.807) is 24.3 Å². The molecule has 0 aromatic heterocycles. The molecule has 2 aromatic rings. The summed E-state index contributed by atoms with van der Waals surface area (Å²) in [4.78, 5) is 25.4. The van der Waals surface area contributed by atoms with Gasteiger partial charge in [-0.1, -0.05) is 28.1 Å². The molecule has 1 saturated heterocycles. The van der Waals surface area contributed by atoms with E-state index in [4.69, 9.17) is 4.74 Å². The summed E-state index contributed by atoms with van der Waals surface area (Å²) in [5.41, 5.74) is 1.62. The van der Waals surface area contributed by atoms with E-state index in [2.05, 4.69) is 26.6 Å². The van der Waals surface area contributed by atoms with Crippen molar-refractivity contribution < 1.29 is 14.3 Å². The van der Waals surface area contributed by atoms with Crippen molar-refractivity contribution >= 4 is 33.4 Å². The van der Waals surface area contributed by atoms with Crippen molar-refractivity contribution in [1.29, 1.82) is 0 Å². The van der Waals surface area contributed by atoms with Crippen LogP contribution in [-0.2, 0) is 14.9 Å². The zero-order valence-electron chi connectivity index (χ0n) is 16.1. The Labute approximate surface area is 174 Å². The third-order valence-electron chi connectivity index (χ3n) is 5.00. The van der Waals surface area contributed by atoms with Crippen LogP contribution >= 0.6 is 15.9 Å². The Morgan fingerprint density at radius 3 is 2.18 bits per heavy atom. The Balaban J connectivity index is 1.79. The minimum absolute atomic E-state index is 0.0440. The fraction of sp³-hybridized carbons (Fsp3) is 0.364. The lowest BCUT2D eigenvalue weighted by Crippen LogP contribution is -2.44. The number of rotatable bonds is 5. The number of carbonyl (C=O) groups is 2. The first-order valence-electron chi connectivity index (χ1n) is 9.47. The van der Waals surface area contributed by atoms with Crippen molar-refractivity contribution in [3.05, 3.63) is 64.1 Å². The highest BCUT2D eigenvalue weighted by Crippen LogP contribution is 2.36. The van der Waals surface area contributed by atoms with Crippen LogP contribution in [-0.4, -0.2) is 31.1 Å². The van der Waals surface area contributed by atoms with Gasteiger partial charge in [0.15, 0.2) is 0 Å². The zero-order valence-corrected chi connectivity index (χ0v) is 17.7. The molecule has 6 heteroatoms. The first-order valence-corrected chi connectivity index (χ1v) is 10.3. The lowest BCUT2D eigenvalue weighted by Gasteiger charge is -2.36. The number of benzene rings is 2. The number of halogens is 1. The minimum Gasteiger partial charge on any atom is -0.381 e. The normalized spacial score (nSPS) is 15.9. The van der Waals surface area contributed by atoms with Crippen molar-refractivity contribution in [3.8, 4) is 0 Å². The Morgan fingerprint density at radius 2 is 1.61 bits per heavy atom. The van der Waals surface area contributed by atoms with E-state index >= 15 is 0 Å². The molecule has 0 aliphatic carbocycles. The van der Waals surface area contributed by atoms with Crippen molar-refractivity contribution in [2.75, 3.05) is 18.5 Å². The molecule has 5 nitrogen and oxygen atoms in total. The van der Waals surface area contributed by atoms with E-state index in [1.165, 1.54) is 0 Å². The minimum atomic E-state index is -0.618. The van der Waals surface area contributed by atoms with Crippen molar-refractivity contribution in [2.45, 2.75) is 38.1 Å². The molecule has 2 N–H and O–H groups in total.